The highest BCUT2D eigenvalue weighted by Gasteiger charge is 2.31. The van der Waals surface area contributed by atoms with Gasteiger partial charge in [0.2, 0.25) is 0 Å². The minimum absolute atomic E-state index is 0.0987. The van der Waals surface area contributed by atoms with Gasteiger partial charge in [0, 0.05) is 5.69 Å². The quantitative estimate of drug-likeness (QED) is 0.850. The zero-order chi connectivity index (χ0) is 15.8. The number of hydrogen-bond acceptors (Lipinski definition) is 5. The topological polar surface area (TPSA) is 94.3 Å². The Balaban J connectivity index is 3.07. The summed E-state index contributed by atoms with van der Waals surface area (Å²) in [7, 11) is -7.14. The second kappa shape index (κ2) is 5.37. The number of rotatable bonds is 4. The van der Waals surface area contributed by atoms with E-state index in [-0.39, 0.29) is 4.90 Å². The highest BCUT2D eigenvalue weighted by Crippen LogP contribution is 2.23. The van der Waals surface area contributed by atoms with E-state index < -0.39 is 35.9 Å². The van der Waals surface area contributed by atoms with E-state index >= 15 is 0 Å². The molecule has 1 aromatic carbocycles. The number of nitrogen functional groups attached to an aromatic ring is 1. The zero-order valence-corrected chi connectivity index (χ0v) is 13.8. The molecule has 0 heterocycles. The molecular formula is C13H21NO4S2. The summed E-state index contributed by atoms with van der Waals surface area (Å²) in [5.41, 5.74) is 6.52. The third kappa shape index (κ3) is 3.52. The molecule has 2 N–H and O–H groups in total. The number of sulfone groups is 2. The van der Waals surface area contributed by atoms with Crippen molar-refractivity contribution in [2.24, 2.45) is 0 Å². The molecule has 0 spiro atoms. The normalized spacial score (nSPS) is 13.4. The second-order valence-electron chi connectivity index (χ2n) is 5.72. The van der Waals surface area contributed by atoms with E-state index in [0.29, 0.717) is 11.3 Å². The summed E-state index contributed by atoms with van der Waals surface area (Å²) in [6, 6.07) is 4.61. The van der Waals surface area contributed by atoms with Crippen LogP contribution in [-0.2, 0) is 19.7 Å². The van der Waals surface area contributed by atoms with Crippen molar-refractivity contribution in [2.75, 3.05) is 17.2 Å². The third-order valence-corrected chi connectivity index (χ3v) is 7.93. The molecule has 0 radical (unpaired) electrons. The average Bonchev–Trinajstić information content (AvgIpc) is 2.29. The smallest absolute Gasteiger partial charge is 0.179 e. The Morgan fingerprint density at radius 1 is 1.05 bits per heavy atom. The molecular weight excluding hydrogens is 298 g/mol. The molecule has 0 aromatic heterocycles. The maximum Gasteiger partial charge on any atom is 0.179 e. The molecule has 20 heavy (non-hydrogen) atoms. The van der Waals surface area contributed by atoms with Gasteiger partial charge in [-0.25, -0.2) is 16.8 Å². The fourth-order valence-electron chi connectivity index (χ4n) is 1.60. The maximum absolute atomic E-state index is 12.3. The van der Waals surface area contributed by atoms with Gasteiger partial charge in [0.1, 0.15) is 0 Å². The van der Waals surface area contributed by atoms with Crippen molar-refractivity contribution < 1.29 is 16.8 Å². The van der Waals surface area contributed by atoms with Gasteiger partial charge in [-0.05, 0) is 45.4 Å². The van der Waals surface area contributed by atoms with Crippen LogP contribution in [-0.4, -0.2) is 33.1 Å². The Morgan fingerprint density at radius 2 is 1.60 bits per heavy atom. The van der Waals surface area contributed by atoms with Crippen LogP contribution in [0.4, 0.5) is 5.69 Å². The van der Waals surface area contributed by atoms with E-state index in [2.05, 4.69) is 0 Å². The Kier molecular flexibility index (Phi) is 4.55. The maximum atomic E-state index is 12.3. The number of hydrogen-bond donors (Lipinski definition) is 1. The van der Waals surface area contributed by atoms with Crippen molar-refractivity contribution in [3.8, 4) is 0 Å². The highest BCUT2D eigenvalue weighted by atomic mass is 32.2. The molecule has 5 nitrogen and oxygen atoms in total. The van der Waals surface area contributed by atoms with Crippen LogP contribution < -0.4 is 5.73 Å². The molecule has 7 heteroatoms. The minimum atomic E-state index is -3.67. The Bertz CT molecular complexity index is 698. The molecule has 0 amide bonds. The molecule has 0 unspecified atom stereocenters. The predicted octanol–water partition coefficient (Wildman–Crippen LogP) is 1.56. The van der Waals surface area contributed by atoms with Crippen LogP contribution in [0.5, 0.6) is 0 Å². The standard InChI is InChI=1S/C13H21NO4S2/c1-10-11(14)6-5-7-12(10)19(15,16)8-9-20(17,18)13(2,3)4/h5-7H,8-9,14H2,1-4H3. The van der Waals surface area contributed by atoms with Crippen LogP contribution in [0.25, 0.3) is 0 Å². The summed E-state index contributed by atoms with van der Waals surface area (Å²) >= 11 is 0. The SMILES string of the molecule is Cc1c(N)cccc1S(=O)(=O)CCS(=O)(=O)C(C)(C)C. The fourth-order valence-corrected chi connectivity index (χ4v) is 5.06. The predicted molar refractivity (Wildman–Crippen MR) is 81.2 cm³/mol. The average molecular weight is 319 g/mol. The van der Waals surface area contributed by atoms with Gasteiger partial charge in [-0.15, -0.1) is 0 Å². The molecule has 0 aliphatic rings. The van der Waals surface area contributed by atoms with E-state index in [0.717, 1.165) is 0 Å². The summed E-state index contributed by atoms with van der Waals surface area (Å²) < 4.78 is 47.5. The number of nitrogens with two attached hydrogens (primary N) is 1. The molecule has 0 fully saturated rings. The summed E-state index contributed by atoms with van der Waals surface area (Å²) in [6.45, 7) is 6.28. The zero-order valence-electron chi connectivity index (χ0n) is 12.2. The van der Waals surface area contributed by atoms with Crippen LogP contribution in [0.2, 0.25) is 0 Å². The summed E-state index contributed by atoms with van der Waals surface area (Å²) in [6.07, 6.45) is 0. The van der Waals surface area contributed by atoms with Crippen LogP contribution in [0.3, 0.4) is 0 Å². The van der Waals surface area contributed by atoms with Gasteiger partial charge in [-0.1, -0.05) is 6.07 Å². The Morgan fingerprint density at radius 3 is 2.10 bits per heavy atom. The van der Waals surface area contributed by atoms with E-state index in [1.54, 1.807) is 39.8 Å². The van der Waals surface area contributed by atoms with Crippen molar-refractivity contribution in [1.29, 1.82) is 0 Å². The van der Waals surface area contributed by atoms with Gasteiger partial charge < -0.3 is 5.73 Å². The second-order valence-corrected chi connectivity index (χ2v) is 10.7. The van der Waals surface area contributed by atoms with Gasteiger partial charge >= 0.3 is 0 Å². The number of benzene rings is 1. The van der Waals surface area contributed by atoms with E-state index in [9.17, 15) is 16.8 Å². The summed E-state index contributed by atoms with van der Waals surface area (Å²) in [5, 5.41) is 0. The lowest BCUT2D eigenvalue weighted by molar-refractivity contribution is 0.559. The monoisotopic (exact) mass is 319 g/mol. The van der Waals surface area contributed by atoms with Crippen molar-refractivity contribution in [1.82, 2.24) is 0 Å². The Hall–Kier alpha value is -1.08. The molecule has 1 aromatic rings. The lowest BCUT2D eigenvalue weighted by atomic mass is 10.2. The third-order valence-electron chi connectivity index (χ3n) is 3.21. The van der Waals surface area contributed by atoms with Gasteiger partial charge in [0.05, 0.1) is 21.1 Å². The molecule has 114 valence electrons. The molecule has 0 aliphatic carbocycles. The van der Waals surface area contributed by atoms with Crippen molar-refractivity contribution in [3.05, 3.63) is 23.8 Å². The summed E-state index contributed by atoms with van der Waals surface area (Å²) in [4.78, 5) is 0.0987. The molecule has 0 bridgehead atoms. The van der Waals surface area contributed by atoms with Crippen molar-refractivity contribution in [3.63, 3.8) is 0 Å². The van der Waals surface area contributed by atoms with Crippen LogP contribution in [0.1, 0.15) is 26.3 Å². The lowest BCUT2D eigenvalue weighted by Gasteiger charge is -2.19. The van der Waals surface area contributed by atoms with Crippen LogP contribution in [0.15, 0.2) is 23.1 Å². The Labute approximate surface area is 121 Å². The highest BCUT2D eigenvalue weighted by molar-refractivity contribution is 7.95. The molecule has 0 aliphatic heterocycles. The lowest BCUT2D eigenvalue weighted by Crippen LogP contribution is -2.33. The van der Waals surface area contributed by atoms with Gasteiger partial charge in [0.25, 0.3) is 0 Å². The molecule has 0 saturated carbocycles. The molecule has 0 atom stereocenters. The first-order valence-electron chi connectivity index (χ1n) is 6.18. The minimum Gasteiger partial charge on any atom is -0.398 e. The van der Waals surface area contributed by atoms with Crippen LogP contribution >= 0.6 is 0 Å². The molecule has 1 rings (SSSR count). The van der Waals surface area contributed by atoms with Gasteiger partial charge in [-0.2, -0.15) is 0 Å². The van der Waals surface area contributed by atoms with E-state index in [1.165, 1.54) is 6.07 Å². The number of anilines is 1. The summed E-state index contributed by atoms with van der Waals surface area (Å²) in [5.74, 6) is -0.829. The molecule has 0 saturated heterocycles. The van der Waals surface area contributed by atoms with Gasteiger partial charge in [-0.3, -0.25) is 0 Å². The van der Waals surface area contributed by atoms with E-state index in [1.807, 2.05) is 0 Å². The first-order chi connectivity index (χ1) is 8.88. The largest absolute Gasteiger partial charge is 0.398 e. The van der Waals surface area contributed by atoms with Gasteiger partial charge in [0.15, 0.2) is 19.7 Å². The first-order valence-corrected chi connectivity index (χ1v) is 9.49. The first kappa shape index (κ1) is 17.0. The van der Waals surface area contributed by atoms with Crippen molar-refractivity contribution >= 4 is 25.4 Å². The fraction of sp³-hybridized carbons (Fsp3) is 0.538. The van der Waals surface area contributed by atoms with Crippen LogP contribution in [0, 0.1) is 6.92 Å². The van der Waals surface area contributed by atoms with E-state index in [4.69, 9.17) is 5.73 Å². The van der Waals surface area contributed by atoms with Crippen molar-refractivity contribution in [2.45, 2.75) is 37.3 Å².